The predicted molar refractivity (Wildman–Crippen MR) is 37.2 cm³/mol. The van der Waals surface area contributed by atoms with Gasteiger partial charge in [-0.3, -0.25) is 0 Å². The third-order valence-corrected chi connectivity index (χ3v) is 2.70. The van der Waals surface area contributed by atoms with Gasteiger partial charge in [0.2, 0.25) is 0 Å². The molecule has 0 saturated carbocycles. The van der Waals surface area contributed by atoms with Crippen molar-refractivity contribution in [3.8, 4) is 0 Å². The molecule has 0 spiro atoms. The zero-order valence-electron chi connectivity index (χ0n) is 5.70. The molecule has 0 heterocycles. The zero-order valence-corrected chi connectivity index (χ0v) is 6.85. The molecular weight excluding hydrogens is 99.0 g/mol. The van der Waals surface area contributed by atoms with Crippen molar-refractivity contribution in [2.45, 2.75) is 36.6 Å². The van der Waals surface area contributed by atoms with E-state index in [1.54, 1.807) is 0 Å². The Labute approximate surface area is 51.3 Å². The second-order valence-corrected chi connectivity index (χ2v) is 5.90. The summed E-state index contributed by atoms with van der Waals surface area (Å²) in [6.07, 6.45) is 2.84. The highest BCUT2D eigenvalue weighted by atomic mass is 27.2. The summed E-state index contributed by atoms with van der Waals surface area (Å²) in [6, 6.07) is 0. The molecule has 0 unspecified atom stereocenters. The Morgan fingerprint density at radius 1 is 1.29 bits per heavy atom. The van der Waals surface area contributed by atoms with Crippen molar-refractivity contribution in [2.75, 3.05) is 0 Å². The Hall–Kier alpha value is 0.532. The van der Waals surface area contributed by atoms with Crippen LogP contribution in [-0.4, -0.2) is 14.1 Å². The summed E-state index contributed by atoms with van der Waals surface area (Å²) < 4.78 is 0. The normalized spacial score (nSPS) is 9.00. The Morgan fingerprint density at radius 2 is 1.86 bits per heavy atom. The van der Waals surface area contributed by atoms with Crippen molar-refractivity contribution >= 4 is 14.1 Å². The molecule has 0 fully saturated rings. The van der Waals surface area contributed by atoms with Gasteiger partial charge in [0.25, 0.3) is 14.1 Å². The average molecular weight is 114 g/mol. The second-order valence-electron chi connectivity index (χ2n) is 2.54. The van der Waals surface area contributed by atoms with Gasteiger partial charge in [0, 0.05) is 0 Å². The first kappa shape index (κ1) is 7.53. The summed E-state index contributed by atoms with van der Waals surface area (Å²) in [7, 11) is 0. The highest BCUT2D eigenvalue weighted by molar-refractivity contribution is 6.55. The number of hydrogen-bond acceptors (Lipinski definition) is 0. The molecule has 7 heavy (non-hydrogen) atoms. The highest BCUT2D eigenvalue weighted by Crippen LogP contribution is 1.98. The van der Waals surface area contributed by atoms with Gasteiger partial charge in [0.15, 0.2) is 0 Å². The van der Waals surface area contributed by atoms with E-state index in [4.69, 9.17) is 0 Å². The summed E-state index contributed by atoms with van der Waals surface area (Å²) in [5, 5.41) is 1.54. The van der Waals surface area contributed by atoms with Crippen LogP contribution in [0.5, 0.6) is 0 Å². The molecule has 0 aliphatic carbocycles. The lowest BCUT2D eigenvalue weighted by atomic mass is 10.4. The molecule has 0 aromatic heterocycles. The fraction of sp³-hybridized carbons (Fsp3) is 1.00. The molecule has 0 aromatic rings. The molecule has 0 radical (unpaired) electrons. The molecule has 0 aromatic carbocycles. The Balaban J connectivity index is 2.68. The molecule has 0 saturated heterocycles. The van der Waals surface area contributed by atoms with Gasteiger partial charge in [-0.05, 0) is 0 Å². The van der Waals surface area contributed by atoms with Gasteiger partial charge in [-0.2, -0.15) is 0 Å². The highest BCUT2D eigenvalue weighted by Gasteiger charge is 1.97. The smallest absolute Gasteiger partial charge is 0.106 e. The molecule has 0 N–H and O–H groups in total. The van der Waals surface area contributed by atoms with E-state index in [9.17, 15) is 0 Å². The third-order valence-electron chi connectivity index (χ3n) is 1.14. The molecule has 0 aliphatic heterocycles. The van der Waals surface area contributed by atoms with Gasteiger partial charge in [-0.1, -0.05) is 25.0 Å². The van der Waals surface area contributed by atoms with Gasteiger partial charge in [0.1, 0.15) is 0 Å². The molecule has 42 valence electrons. The van der Waals surface area contributed by atoms with E-state index in [0.717, 1.165) is 0 Å². The summed E-state index contributed by atoms with van der Waals surface area (Å²) in [5.74, 6) is 4.82. The van der Waals surface area contributed by atoms with Gasteiger partial charge in [-0.15, -0.1) is 11.6 Å². The summed E-state index contributed by atoms with van der Waals surface area (Å²) in [4.78, 5) is 0. The van der Waals surface area contributed by atoms with Crippen molar-refractivity contribution in [3.05, 3.63) is 0 Å². The minimum absolute atomic E-state index is 0.188. The van der Waals surface area contributed by atoms with Crippen LogP contribution in [0.1, 0.15) is 19.8 Å². The minimum Gasteiger partial charge on any atom is -0.106 e. The van der Waals surface area contributed by atoms with E-state index in [1.165, 1.54) is 18.1 Å². The van der Waals surface area contributed by atoms with Gasteiger partial charge in [0.05, 0.1) is 0 Å². The van der Waals surface area contributed by atoms with Crippen LogP contribution < -0.4 is 0 Å². The van der Waals surface area contributed by atoms with E-state index in [-0.39, 0.29) is 14.1 Å². The van der Waals surface area contributed by atoms with Crippen LogP contribution in [0.25, 0.3) is 0 Å². The summed E-state index contributed by atoms with van der Waals surface area (Å²) in [6.45, 7) is 2.26. The van der Waals surface area contributed by atoms with Gasteiger partial charge in [-0.25, -0.2) is 0 Å². The monoisotopic (exact) mass is 114 g/mol. The quantitative estimate of drug-likeness (QED) is 0.494. The standard InChI is InChI=1S/C4H9.2CH3.Al/c1-3-4-2;;;/h1,3-4H2,2H3;2*1H3;. The molecule has 0 aliphatic rings. The molecular formula is C6H15Al. The molecule has 0 bridgehead atoms. The van der Waals surface area contributed by atoms with Crippen LogP contribution in [0, 0.1) is 0 Å². The Kier molecular flexibility index (Phi) is 5.04. The van der Waals surface area contributed by atoms with Crippen LogP contribution in [0.3, 0.4) is 0 Å². The van der Waals surface area contributed by atoms with E-state index in [2.05, 4.69) is 18.5 Å². The number of unbranched alkanes of at least 4 members (excludes halogenated alkanes) is 1. The van der Waals surface area contributed by atoms with Crippen LogP contribution >= 0.6 is 0 Å². The Morgan fingerprint density at radius 3 is 2.00 bits per heavy atom. The lowest BCUT2D eigenvalue weighted by Gasteiger charge is -1.92. The van der Waals surface area contributed by atoms with Crippen molar-refractivity contribution in [2.24, 2.45) is 0 Å². The Bertz CT molecular complexity index is 33.2. The lowest BCUT2D eigenvalue weighted by molar-refractivity contribution is 0.875. The fourth-order valence-electron chi connectivity index (χ4n) is 0.612. The minimum atomic E-state index is -0.188. The van der Waals surface area contributed by atoms with Crippen LogP contribution in [0.2, 0.25) is 16.9 Å². The first-order chi connectivity index (χ1) is 3.27. The van der Waals surface area contributed by atoms with E-state index >= 15 is 0 Å². The van der Waals surface area contributed by atoms with Crippen molar-refractivity contribution < 1.29 is 0 Å². The van der Waals surface area contributed by atoms with E-state index in [1.807, 2.05) is 0 Å². The van der Waals surface area contributed by atoms with E-state index < -0.39 is 0 Å². The van der Waals surface area contributed by atoms with E-state index in [0.29, 0.717) is 0 Å². The maximum Gasteiger partial charge on any atom is 0.255 e. The molecule has 0 nitrogen and oxygen atoms in total. The largest absolute Gasteiger partial charge is 0.255 e. The maximum atomic E-state index is 2.41. The summed E-state index contributed by atoms with van der Waals surface area (Å²) >= 11 is -0.188. The first-order valence-electron chi connectivity index (χ1n) is 3.27. The molecule has 1 heteroatoms. The van der Waals surface area contributed by atoms with Crippen molar-refractivity contribution in [3.63, 3.8) is 0 Å². The van der Waals surface area contributed by atoms with Crippen molar-refractivity contribution in [1.29, 1.82) is 0 Å². The third kappa shape index (κ3) is 6.53. The van der Waals surface area contributed by atoms with Crippen LogP contribution in [0.4, 0.5) is 0 Å². The molecule has 0 rings (SSSR count). The summed E-state index contributed by atoms with van der Waals surface area (Å²) in [5.41, 5.74) is 0. The SMILES string of the molecule is CCC[CH2][Al]([CH3])[CH3]. The van der Waals surface area contributed by atoms with Gasteiger partial charge < -0.3 is 0 Å². The predicted octanol–water partition coefficient (Wildman–Crippen LogP) is 2.54. The van der Waals surface area contributed by atoms with Crippen LogP contribution in [-0.2, 0) is 0 Å². The van der Waals surface area contributed by atoms with Crippen molar-refractivity contribution in [1.82, 2.24) is 0 Å². The molecule has 0 atom stereocenters. The number of hydrogen-bond donors (Lipinski definition) is 0. The zero-order chi connectivity index (χ0) is 5.70. The molecule has 0 amide bonds. The fourth-order valence-corrected chi connectivity index (χ4v) is 1.84. The first-order valence-corrected chi connectivity index (χ1v) is 6.40. The average Bonchev–Trinajstić information content (AvgIpc) is 1.61. The lowest BCUT2D eigenvalue weighted by Crippen LogP contribution is -1.96. The van der Waals surface area contributed by atoms with Gasteiger partial charge >= 0.3 is 0 Å². The maximum absolute atomic E-state index is 2.41. The van der Waals surface area contributed by atoms with Crippen LogP contribution in [0.15, 0.2) is 0 Å². The number of rotatable bonds is 3. The second kappa shape index (κ2) is 4.69. The topological polar surface area (TPSA) is 0 Å².